The number of ketones is 1. The monoisotopic (exact) mass is 280 g/mol. The highest BCUT2D eigenvalue weighted by Gasteiger charge is 2.49. The maximum Gasteiger partial charge on any atom is 0.262 e. The van der Waals surface area contributed by atoms with Crippen LogP contribution < -0.4 is 0 Å². The summed E-state index contributed by atoms with van der Waals surface area (Å²) >= 11 is 0. The minimum atomic E-state index is -1.40. The van der Waals surface area contributed by atoms with Crippen LogP contribution in [0.1, 0.15) is 15.9 Å². The number of benzene rings is 2. The van der Waals surface area contributed by atoms with Gasteiger partial charge in [-0.2, -0.15) is 0 Å². The summed E-state index contributed by atoms with van der Waals surface area (Å²) in [5, 5.41) is 1.91. The minimum absolute atomic E-state index is 0.169. The molecule has 0 fully saturated rings. The predicted octanol–water partition coefficient (Wildman–Crippen LogP) is 3.59. The van der Waals surface area contributed by atoms with E-state index < -0.39 is 5.79 Å². The van der Waals surface area contributed by atoms with Crippen molar-refractivity contribution < 1.29 is 14.3 Å². The van der Waals surface area contributed by atoms with Gasteiger partial charge < -0.3 is 9.47 Å². The molecule has 0 bridgehead atoms. The fourth-order valence-electron chi connectivity index (χ4n) is 2.78. The number of rotatable bonds is 6. The zero-order valence-electron chi connectivity index (χ0n) is 11.7. The van der Waals surface area contributed by atoms with Crippen LogP contribution in [0.4, 0.5) is 0 Å². The molecule has 0 N–H and O–H groups in total. The lowest BCUT2D eigenvalue weighted by molar-refractivity contribution is -0.194. The van der Waals surface area contributed by atoms with Gasteiger partial charge in [0.1, 0.15) is 0 Å². The number of carbonyl (C=O) groups excluding carboxylic acids is 1. The van der Waals surface area contributed by atoms with Gasteiger partial charge in [-0.15, -0.1) is 13.2 Å². The number of carbonyl (C=O) groups is 1. The molecule has 0 aliphatic heterocycles. The highest BCUT2D eigenvalue weighted by atomic mass is 16.7. The molecule has 1 aliphatic rings. The summed E-state index contributed by atoms with van der Waals surface area (Å²) in [6.45, 7) is 7.75. The zero-order chi connectivity index (χ0) is 14.9. The van der Waals surface area contributed by atoms with E-state index in [1.807, 2.05) is 36.4 Å². The van der Waals surface area contributed by atoms with E-state index in [2.05, 4.69) is 13.2 Å². The second-order valence-corrected chi connectivity index (χ2v) is 4.85. The molecular weight excluding hydrogens is 264 g/mol. The number of hydrogen-bond donors (Lipinski definition) is 0. The first kappa shape index (κ1) is 13.7. The molecular formula is C18H16O3. The van der Waals surface area contributed by atoms with Crippen molar-refractivity contribution in [2.75, 3.05) is 13.2 Å². The van der Waals surface area contributed by atoms with E-state index in [1.54, 1.807) is 12.2 Å². The molecule has 3 heteroatoms. The summed E-state index contributed by atoms with van der Waals surface area (Å²) in [7, 11) is 0. The predicted molar refractivity (Wildman–Crippen MR) is 82.3 cm³/mol. The molecule has 2 aromatic carbocycles. The summed E-state index contributed by atoms with van der Waals surface area (Å²) in [5.41, 5.74) is 1.39. The van der Waals surface area contributed by atoms with E-state index in [-0.39, 0.29) is 19.0 Å². The molecule has 3 nitrogen and oxygen atoms in total. The van der Waals surface area contributed by atoms with Crippen molar-refractivity contribution >= 4 is 16.6 Å². The van der Waals surface area contributed by atoms with E-state index in [9.17, 15) is 4.79 Å². The van der Waals surface area contributed by atoms with Crippen LogP contribution in [0.2, 0.25) is 0 Å². The zero-order valence-corrected chi connectivity index (χ0v) is 11.7. The van der Waals surface area contributed by atoms with Crippen molar-refractivity contribution in [3.63, 3.8) is 0 Å². The van der Waals surface area contributed by atoms with Gasteiger partial charge in [0, 0.05) is 16.5 Å². The van der Waals surface area contributed by atoms with Crippen molar-refractivity contribution in [3.8, 4) is 0 Å². The maximum absolute atomic E-state index is 12.9. The van der Waals surface area contributed by atoms with E-state index in [4.69, 9.17) is 9.47 Å². The Labute approximate surface area is 123 Å². The molecule has 2 aromatic rings. The van der Waals surface area contributed by atoms with Gasteiger partial charge in [0.05, 0.1) is 13.2 Å². The summed E-state index contributed by atoms with van der Waals surface area (Å²) in [4.78, 5) is 12.9. The Bertz CT molecular complexity index is 713. The van der Waals surface area contributed by atoms with Crippen LogP contribution in [0.5, 0.6) is 0 Å². The van der Waals surface area contributed by atoms with E-state index in [1.165, 1.54) is 0 Å². The van der Waals surface area contributed by atoms with Crippen LogP contribution in [0, 0.1) is 0 Å². The lowest BCUT2D eigenvalue weighted by Crippen LogP contribution is -2.38. The molecule has 0 atom stereocenters. The fourth-order valence-corrected chi connectivity index (χ4v) is 2.78. The van der Waals surface area contributed by atoms with Gasteiger partial charge in [-0.25, -0.2) is 0 Å². The van der Waals surface area contributed by atoms with Crippen molar-refractivity contribution in [2.24, 2.45) is 0 Å². The Kier molecular flexibility index (Phi) is 3.45. The average molecular weight is 280 g/mol. The Hall–Kier alpha value is -2.23. The largest absolute Gasteiger partial charge is 0.335 e. The molecule has 0 aromatic heterocycles. The van der Waals surface area contributed by atoms with Crippen LogP contribution in [0.3, 0.4) is 0 Å². The van der Waals surface area contributed by atoms with Crippen LogP contribution >= 0.6 is 0 Å². The summed E-state index contributed by atoms with van der Waals surface area (Å²) in [5.74, 6) is -1.57. The molecule has 0 saturated carbocycles. The molecule has 0 heterocycles. The van der Waals surface area contributed by atoms with Crippen molar-refractivity contribution in [2.45, 2.75) is 5.79 Å². The normalized spacial score (nSPS) is 15.3. The molecule has 0 radical (unpaired) electrons. The summed E-state index contributed by atoms with van der Waals surface area (Å²) in [6.07, 6.45) is 3.21. The molecule has 21 heavy (non-hydrogen) atoms. The van der Waals surface area contributed by atoms with Crippen molar-refractivity contribution in [1.29, 1.82) is 0 Å². The van der Waals surface area contributed by atoms with Gasteiger partial charge in [0.15, 0.2) is 0 Å². The molecule has 3 rings (SSSR count). The lowest BCUT2D eigenvalue weighted by atomic mass is 10.0. The minimum Gasteiger partial charge on any atom is -0.335 e. The van der Waals surface area contributed by atoms with Crippen LogP contribution in [0.15, 0.2) is 61.7 Å². The van der Waals surface area contributed by atoms with Gasteiger partial charge in [-0.1, -0.05) is 48.6 Å². The standard InChI is InChI=1S/C18H16O3/c1-3-11-20-18(21-12-4-2)15-10-6-8-13-7-5-9-14(16(13)15)17(18)19/h3-10H,1-2,11-12H2. The quantitative estimate of drug-likeness (QED) is 0.599. The van der Waals surface area contributed by atoms with Gasteiger partial charge in [0.2, 0.25) is 5.78 Å². The Morgan fingerprint density at radius 1 is 1.00 bits per heavy atom. The van der Waals surface area contributed by atoms with Gasteiger partial charge in [-0.3, -0.25) is 4.79 Å². The van der Waals surface area contributed by atoms with Gasteiger partial charge in [-0.05, 0) is 5.39 Å². The number of Topliss-reactive ketones (excluding diaryl/α,β-unsaturated/α-hetero) is 1. The highest BCUT2D eigenvalue weighted by molar-refractivity contribution is 6.18. The maximum atomic E-state index is 12.9. The summed E-state index contributed by atoms with van der Waals surface area (Å²) in [6, 6.07) is 11.4. The van der Waals surface area contributed by atoms with Crippen LogP contribution in [-0.2, 0) is 15.3 Å². The molecule has 0 amide bonds. The molecule has 106 valence electrons. The molecule has 0 spiro atoms. The Morgan fingerprint density at radius 3 is 2.24 bits per heavy atom. The van der Waals surface area contributed by atoms with E-state index in [0.717, 1.165) is 16.3 Å². The van der Waals surface area contributed by atoms with Crippen molar-refractivity contribution in [3.05, 3.63) is 72.8 Å². The third-order valence-electron chi connectivity index (χ3n) is 3.61. The topological polar surface area (TPSA) is 35.5 Å². The first-order valence-corrected chi connectivity index (χ1v) is 6.81. The van der Waals surface area contributed by atoms with E-state index in [0.29, 0.717) is 5.56 Å². The smallest absolute Gasteiger partial charge is 0.262 e. The van der Waals surface area contributed by atoms with Crippen molar-refractivity contribution in [1.82, 2.24) is 0 Å². The number of hydrogen-bond acceptors (Lipinski definition) is 3. The third kappa shape index (κ3) is 1.94. The number of ether oxygens (including phenoxy) is 2. The highest BCUT2D eigenvalue weighted by Crippen LogP contribution is 2.44. The SMILES string of the molecule is C=CCOC1(OCC=C)C(=O)c2cccc3cccc1c23. The third-order valence-corrected chi connectivity index (χ3v) is 3.61. The van der Waals surface area contributed by atoms with E-state index >= 15 is 0 Å². The fraction of sp³-hybridized carbons (Fsp3) is 0.167. The Balaban J connectivity index is 2.22. The van der Waals surface area contributed by atoms with Gasteiger partial charge in [0.25, 0.3) is 5.79 Å². The van der Waals surface area contributed by atoms with Crippen LogP contribution in [0.25, 0.3) is 10.8 Å². The lowest BCUT2D eigenvalue weighted by Gasteiger charge is -2.28. The molecule has 0 saturated heterocycles. The average Bonchev–Trinajstić information content (AvgIpc) is 2.76. The Morgan fingerprint density at radius 2 is 1.62 bits per heavy atom. The second kappa shape index (κ2) is 5.28. The second-order valence-electron chi connectivity index (χ2n) is 4.85. The molecule has 0 unspecified atom stereocenters. The summed E-state index contributed by atoms with van der Waals surface area (Å²) < 4.78 is 11.6. The first-order valence-electron chi connectivity index (χ1n) is 6.81. The van der Waals surface area contributed by atoms with Gasteiger partial charge >= 0.3 is 0 Å². The van der Waals surface area contributed by atoms with Crippen LogP contribution in [-0.4, -0.2) is 19.0 Å². The first-order chi connectivity index (χ1) is 10.2. The molecule has 1 aliphatic carbocycles.